The summed E-state index contributed by atoms with van der Waals surface area (Å²) in [4.78, 5) is 41.4. The van der Waals surface area contributed by atoms with Gasteiger partial charge in [-0.15, -0.1) is 0 Å². The number of hydrogen-bond donors (Lipinski definition) is 1. The SMILES string of the molecule is CCCOC[C@@H](Oc1ccccc1)[C@H](C)OC(=O)[C@H](CC)NC(=O)c1nccc(OC)c1OC(C)=O. The summed E-state index contributed by atoms with van der Waals surface area (Å²) >= 11 is 0. The number of rotatable bonds is 14. The lowest BCUT2D eigenvalue weighted by atomic mass is 10.2. The van der Waals surface area contributed by atoms with Gasteiger partial charge in [-0.05, 0) is 31.9 Å². The minimum Gasteiger partial charge on any atom is -0.493 e. The Morgan fingerprint density at radius 1 is 1.08 bits per heavy atom. The Morgan fingerprint density at radius 3 is 2.42 bits per heavy atom. The quantitative estimate of drug-likeness (QED) is 0.306. The number of esters is 2. The predicted octanol–water partition coefficient (Wildman–Crippen LogP) is 3.33. The fourth-order valence-electron chi connectivity index (χ4n) is 3.17. The number of para-hydroxylation sites is 1. The molecule has 196 valence electrons. The first-order valence-electron chi connectivity index (χ1n) is 11.8. The van der Waals surface area contributed by atoms with Gasteiger partial charge in [-0.25, -0.2) is 9.78 Å². The van der Waals surface area contributed by atoms with Crippen molar-refractivity contribution in [2.24, 2.45) is 0 Å². The molecule has 0 unspecified atom stereocenters. The first-order chi connectivity index (χ1) is 17.3. The van der Waals surface area contributed by atoms with Crippen LogP contribution in [0.25, 0.3) is 0 Å². The molecule has 1 amide bonds. The van der Waals surface area contributed by atoms with Crippen molar-refractivity contribution < 1.29 is 38.1 Å². The molecule has 2 aromatic rings. The van der Waals surface area contributed by atoms with Gasteiger partial charge >= 0.3 is 11.9 Å². The molecular weight excluding hydrogens is 468 g/mol. The number of nitrogens with zero attached hydrogens (tertiary/aromatic N) is 1. The van der Waals surface area contributed by atoms with E-state index in [0.29, 0.717) is 12.4 Å². The van der Waals surface area contributed by atoms with Crippen LogP contribution >= 0.6 is 0 Å². The summed E-state index contributed by atoms with van der Waals surface area (Å²) in [6, 6.07) is 9.64. The van der Waals surface area contributed by atoms with E-state index in [1.165, 1.54) is 26.3 Å². The van der Waals surface area contributed by atoms with Crippen LogP contribution in [0, 0.1) is 0 Å². The molecule has 0 spiro atoms. The average Bonchev–Trinajstić information content (AvgIpc) is 2.86. The highest BCUT2D eigenvalue weighted by molar-refractivity contribution is 5.98. The monoisotopic (exact) mass is 502 g/mol. The predicted molar refractivity (Wildman–Crippen MR) is 131 cm³/mol. The molecule has 0 saturated heterocycles. The van der Waals surface area contributed by atoms with Gasteiger partial charge in [-0.2, -0.15) is 0 Å². The lowest BCUT2D eigenvalue weighted by molar-refractivity contribution is -0.157. The van der Waals surface area contributed by atoms with Gasteiger partial charge in [0.15, 0.2) is 17.5 Å². The fraction of sp³-hybridized carbons (Fsp3) is 0.462. The molecule has 0 radical (unpaired) electrons. The molecule has 0 aliphatic rings. The van der Waals surface area contributed by atoms with Gasteiger partial charge in [-0.3, -0.25) is 9.59 Å². The average molecular weight is 503 g/mol. The molecule has 0 aliphatic heterocycles. The second-order valence-corrected chi connectivity index (χ2v) is 7.91. The highest BCUT2D eigenvalue weighted by Crippen LogP contribution is 2.29. The molecule has 0 aliphatic carbocycles. The third-order valence-corrected chi connectivity index (χ3v) is 5.03. The van der Waals surface area contributed by atoms with Crippen LogP contribution in [-0.2, 0) is 19.1 Å². The Morgan fingerprint density at radius 2 is 1.81 bits per heavy atom. The largest absolute Gasteiger partial charge is 0.493 e. The van der Waals surface area contributed by atoms with Crippen LogP contribution in [0.3, 0.4) is 0 Å². The molecule has 10 heteroatoms. The number of nitrogens with one attached hydrogen (secondary N) is 1. The first kappa shape index (κ1) is 28.6. The minimum absolute atomic E-state index is 0.133. The van der Waals surface area contributed by atoms with Gasteiger partial charge < -0.3 is 29.0 Å². The van der Waals surface area contributed by atoms with Crippen LogP contribution in [0.15, 0.2) is 42.6 Å². The lowest BCUT2D eigenvalue weighted by Gasteiger charge is -2.27. The third kappa shape index (κ3) is 8.53. The Kier molecular flexibility index (Phi) is 11.6. The van der Waals surface area contributed by atoms with Crippen molar-refractivity contribution in [2.45, 2.75) is 58.8 Å². The molecule has 1 aromatic heterocycles. The number of carbonyl (C=O) groups excluding carboxylic acids is 3. The van der Waals surface area contributed by atoms with Gasteiger partial charge in [0.1, 0.15) is 17.9 Å². The van der Waals surface area contributed by atoms with E-state index < -0.39 is 36.1 Å². The van der Waals surface area contributed by atoms with Crippen LogP contribution in [0.1, 0.15) is 51.0 Å². The van der Waals surface area contributed by atoms with Crippen molar-refractivity contribution in [1.29, 1.82) is 0 Å². The number of methoxy groups -OCH3 is 1. The summed E-state index contributed by atoms with van der Waals surface area (Å²) in [5.41, 5.74) is -0.192. The number of pyridine rings is 1. The topological polar surface area (TPSA) is 122 Å². The highest BCUT2D eigenvalue weighted by atomic mass is 16.6. The Bertz CT molecular complexity index is 999. The summed E-state index contributed by atoms with van der Waals surface area (Å²) in [5, 5.41) is 2.60. The Hall–Kier alpha value is -3.66. The molecule has 36 heavy (non-hydrogen) atoms. The maximum absolute atomic E-state index is 13.0. The third-order valence-electron chi connectivity index (χ3n) is 5.03. The van der Waals surface area contributed by atoms with Crippen molar-refractivity contribution in [2.75, 3.05) is 20.3 Å². The van der Waals surface area contributed by atoms with E-state index in [1.54, 1.807) is 26.0 Å². The van der Waals surface area contributed by atoms with E-state index in [4.69, 9.17) is 23.7 Å². The highest BCUT2D eigenvalue weighted by Gasteiger charge is 2.30. The van der Waals surface area contributed by atoms with Crippen molar-refractivity contribution in [1.82, 2.24) is 10.3 Å². The van der Waals surface area contributed by atoms with Crippen LogP contribution in [-0.4, -0.2) is 61.4 Å². The fourth-order valence-corrected chi connectivity index (χ4v) is 3.17. The molecule has 0 saturated carbocycles. The van der Waals surface area contributed by atoms with Crippen LogP contribution in [0.5, 0.6) is 17.2 Å². The molecule has 10 nitrogen and oxygen atoms in total. The molecule has 0 bridgehead atoms. The summed E-state index contributed by atoms with van der Waals surface area (Å²) in [7, 11) is 1.37. The van der Waals surface area contributed by atoms with E-state index in [-0.39, 0.29) is 30.2 Å². The zero-order valence-corrected chi connectivity index (χ0v) is 21.3. The second kappa shape index (κ2) is 14.7. The van der Waals surface area contributed by atoms with Crippen molar-refractivity contribution in [3.05, 3.63) is 48.3 Å². The van der Waals surface area contributed by atoms with E-state index in [1.807, 2.05) is 25.1 Å². The summed E-state index contributed by atoms with van der Waals surface area (Å²) in [6.07, 6.45) is 1.19. The molecular formula is C26H34N2O8. The van der Waals surface area contributed by atoms with Crippen molar-refractivity contribution >= 4 is 17.8 Å². The maximum Gasteiger partial charge on any atom is 0.329 e. The second-order valence-electron chi connectivity index (χ2n) is 7.91. The zero-order valence-electron chi connectivity index (χ0n) is 21.3. The normalized spacial score (nSPS) is 13.1. The molecule has 2 rings (SSSR count). The molecule has 0 fully saturated rings. The number of aromatic nitrogens is 1. The van der Waals surface area contributed by atoms with Gasteiger partial charge in [0, 0.05) is 25.8 Å². The zero-order chi connectivity index (χ0) is 26.5. The van der Waals surface area contributed by atoms with Crippen LogP contribution in [0.4, 0.5) is 0 Å². The summed E-state index contributed by atoms with van der Waals surface area (Å²) in [6.45, 7) is 7.39. The summed E-state index contributed by atoms with van der Waals surface area (Å²) in [5.74, 6) is -1.37. The smallest absolute Gasteiger partial charge is 0.329 e. The number of amides is 1. The summed E-state index contributed by atoms with van der Waals surface area (Å²) < 4.78 is 27.6. The van der Waals surface area contributed by atoms with Crippen molar-refractivity contribution in [3.63, 3.8) is 0 Å². The number of benzene rings is 1. The van der Waals surface area contributed by atoms with E-state index in [9.17, 15) is 14.4 Å². The lowest BCUT2D eigenvalue weighted by Crippen LogP contribution is -2.45. The van der Waals surface area contributed by atoms with Crippen LogP contribution < -0.4 is 19.5 Å². The standard InChI is InChI=1S/C26H34N2O8/c1-6-15-33-16-22(36-19-11-9-8-10-12-19)17(3)34-26(31)20(7-2)28-25(30)23-24(35-18(4)29)21(32-5)13-14-27-23/h8-14,17,20,22H,6-7,15-16H2,1-5H3,(H,28,30)/t17-,20-,22+/m0/s1. The van der Waals surface area contributed by atoms with Crippen molar-refractivity contribution in [3.8, 4) is 17.2 Å². The Labute approximate surface area is 211 Å². The molecule has 1 aromatic carbocycles. The van der Waals surface area contributed by atoms with Gasteiger partial charge in [0.2, 0.25) is 5.75 Å². The van der Waals surface area contributed by atoms with Gasteiger partial charge in [0.05, 0.1) is 13.7 Å². The Balaban J connectivity index is 2.12. The minimum atomic E-state index is -0.980. The van der Waals surface area contributed by atoms with E-state index in [0.717, 1.165) is 6.42 Å². The van der Waals surface area contributed by atoms with E-state index in [2.05, 4.69) is 10.3 Å². The van der Waals surface area contributed by atoms with E-state index >= 15 is 0 Å². The number of carbonyl (C=O) groups is 3. The molecule has 1 N–H and O–H groups in total. The molecule has 1 heterocycles. The molecule has 3 atom stereocenters. The van der Waals surface area contributed by atoms with Gasteiger partial charge in [0.25, 0.3) is 5.91 Å². The van der Waals surface area contributed by atoms with Crippen LogP contribution in [0.2, 0.25) is 0 Å². The van der Waals surface area contributed by atoms with Gasteiger partial charge in [-0.1, -0.05) is 32.0 Å². The maximum atomic E-state index is 13.0. The number of hydrogen-bond acceptors (Lipinski definition) is 9. The number of ether oxygens (including phenoxy) is 5. The first-order valence-corrected chi connectivity index (χ1v) is 11.8.